The molecule has 0 saturated heterocycles. The number of benzene rings is 4. The third kappa shape index (κ3) is 5.59. The van der Waals surface area contributed by atoms with Crippen LogP contribution in [0.25, 0.3) is 11.1 Å². The molecule has 0 fully saturated rings. The van der Waals surface area contributed by atoms with Gasteiger partial charge in [0.15, 0.2) is 0 Å². The fourth-order valence-corrected chi connectivity index (χ4v) is 3.72. The maximum absolute atomic E-state index is 11.4. The van der Waals surface area contributed by atoms with Crippen LogP contribution in [0.2, 0.25) is 0 Å². The van der Waals surface area contributed by atoms with Crippen LogP contribution in [0.15, 0.2) is 108 Å². The van der Waals surface area contributed by atoms with Crippen molar-refractivity contribution < 1.29 is 19.1 Å². The van der Waals surface area contributed by atoms with Crippen molar-refractivity contribution in [1.82, 2.24) is 0 Å². The lowest BCUT2D eigenvalue weighted by molar-refractivity contribution is 0.306. The maximum atomic E-state index is 11.4. The van der Waals surface area contributed by atoms with E-state index in [4.69, 9.17) is 4.74 Å². The molecule has 0 bridgehead atoms. The summed E-state index contributed by atoms with van der Waals surface area (Å²) in [5.74, 6) is 0.671. The molecule has 0 unspecified atom stereocenters. The SMILES string of the molecule is O=P(O)(O)c1ccc(-c2ccc(C=Nc3ccccc3)c(OCc3ccccc3)c2)cc1. The van der Waals surface area contributed by atoms with E-state index >= 15 is 0 Å². The van der Waals surface area contributed by atoms with Gasteiger partial charge in [-0.1, -0.05) is 66.7 Å². The summed E-state index contributed by atoms with van der Waals surface area (Å²) in [5, 5.41) is -0.00610. The molecule has 0 aromatic heterocycles. The van der Waals surface area contributed by atoms with E-state index < -0.39 is 7.60 Å². The lowest BCUT2D eigenvalue weighted by Crippen LogP contribution is -2.02. The Bertz CT molecular complexity index is 1250. The first-order chi connectivity index (χ1) is 15.5. The fraction of sp³-hybridized carbons (Fsp3) is 0.0385. The van der Waals surface area contributed by atoms with Crippen LogP contribution in [0.1, 0.15) is 11.1 Å². The molecule has 0 aliphatic rings. The van der Waals surface area contributed by atoms with E-state index in [1.54, 1.807) is 18.3 Å². The minimum atomic E-state index is -4.27. The Labute approximate surface area is 186 Å². The van der Waals surface area contributed by atoms with Crippen molar-refractivity contribution in [3.8, 4) is 16.9 Å². The van der Waals surface area contributed by atoms with Gasteiger partial charge in [-0.25, -0.2) is 0 Å². The third-order valence-corrected chi connectivity index (χ3v) is 5.87. The second-order valence-corrected chi connectivity index (χ2v) is 8.82. The number of nitrogens with zero attached hydrogens (tertiary/aromatic N) is 1. The number of rotatable bonds is 7. The molecule has 0 saturated carbocycles. The molecule has 32 heavy (non-hydrogen) atoms. The Hall–Kier alpha value is -3.50. The van der Waals surface area contributed by atoms with Crippen molar-refractivity contribution in [1.29, 1.82) is 0 Å². The van der Waals surface area contributed by atoms with Gasteiger partial charge in [0.05, 0.1) is 11.0 Å². The van der Waals surface area contributed by atoms with Crippen LogP contribution in [0.4, 0.5) is 5.69 Å². The Morgan fingerprint density at radius 1 is 0.781 bits per heavy atom. The van der Waals surface area contributed by atoms with Crippen LogP contribution in [-0.4, -0.2) is 16.0 Å². The van der Waals surface area contributed by atoms with E-state index in [9.17, 15) is 14.4 Å². The van der Waals surface area contributed by atoms with E-state index in [2.05, 4.69) is 4.99 Å². The first-order valence-corrected chi connectivity index (χ1v) is 11.7. The van der Waals surface area contributed by atoms with Gasteiger partial charge in [0.2, 0.25) is 0 Å². The van der Waals surface area contributed by atoms with Gasteiger partial charge in [0.25, 0.3) is 0 Å². The van der Waals surface area contributed by atoms with Crippen LogP contribution in [0.5, 0.6) is 5.75 Å². The Kier molecular flexibility index (Phi) is 6.62. The predicted octanol–water partition coefficient (Wildman–Crippen LogP) is 5.49. The number of hydrogen-bond acceptors (Lipinski definition) is 3. The number of ether oxygens (including phenoxy) is 1. The van der Waals surface area contributed by atoms with Crippen LogP contribution in [0, 0.1) is 0 Å². The van der Waals surface area contributed by atoms with E-state index in [-0.39, 0.29) is 5.30 Å². The van der Waals surface area contributed by atoms with Gasteiger partial charge < -0.3 is 14.5 Å². The highest BCUT2D eigenvalue weighted by Gasteiger charge is 2.16. The molecule has 4 aromatic carbocycles. The summed E-state index contributed by atoms with van der Waals surface area (Å²) in [4.78, 5) is 23.2. The lowest BCUT2D eigenvalue weighted by atomic mass is 10.0. The molecule has 4 rings (SSSR count). The van der Waals surface area contributed by atoms with Crippen LogP contribution >= 0.6 is 7.60 Å². The molecule has 0 amide bonds. The summed E-state index contributed by atoms with van der Waals surface area (Å²) in [6, 6.07) is 31.7. The predicted molar refractivity (Wildman–Crippen MR) is 128 cm³/mol. The highest BCUT2D eigenvalue weighted by molar-refractivity contribution is 7.60. The van der Waals surface area contributed by atoms with E-state index in [1.807, 2.05) is 78.9 Å². The second kappa shape index (κ2) is 9.75. The maximum Gasteiger partial charge on any atom is 0.356 e. The van der Waals surface area contributed by atoms with Gasteiger partial charge in [-0.3, -0.25) is 9.56 Å². The molecule has 4 aromatic rings. The second-order valence-electron chi connectivity index (χ2n) is 7.21. The van der Waals surface area contributed by atoms with E-state index in [0.717, 1.165) is 27.9 Å². The van der Waals surface area contributed by atoms with Gasteiger partial charge in [0, 0.05) is 11.8 Å². The standard InChI is InChI=1S/C26H22NO4P/c28-32(29,30)25-15-13-21(14-16-25)22-11-12-23(18-27-24-9-5-2-6-10-24)26(17-22)31-19-20-7-3-1-4-8-20/h1-18H,19H2,(H2,28,29,30). The van der Waals surface area contributed by atoms with Crippen molar-refractivity contribution in [3.63, 3.8) is 0 Å². The van der Waals surface area contributed by atoms with Crippen molar-refractivity contribution in [2.24, 2.45) is 4.99 Å². The Balaban J connectivity index is 1.65. The summed E-state index contributed by atoms with van der Waals surface area (Å²) in [6.07, 6.45) is 1.77. The molecular weight excluding hydrogens is 421 g/mol. The first kappa shape index (κ1) is 21.7. The Morgan fingerprint density at radius 3 is 2.06 bits per heavy atom. The topological polar surface area (TPSA) is 79.1 Å². The zero-order chi connectivity index (χ0) is 22.4. The molecule has 0 radical (unpaired) electrons. The average molecular weight is 443 g/mol. The molecule has 160 valence electrons. The lowest BCUT2D eigenvalue weighted by Gasteiger charge is -2.12. The monoisotopic (exact) mass is 443 g/mol. The molecule has 0 heterocycles. The van der Waals surface area contributed by atoms with Crippen LogP contribution in [0.3, 0.4) is 0 Å². The Morgan fingerprint density at radius 2 is 1.41 bits per heavy atom. The van der Waals surface area contributed by atoms with Gasteiger partial charge in [-0.2, -0.15) is 0 Å². The average Bonchev–Trinajstić information content (AvgIpc) is 2.82. The highest BCUT2D eigenvalue weighted by Crippen LogP contribution is 2.34. The smallest absolute Gasteiger partial charge is 0.356 e. The highest BCUT2D eigenvalue weighted by atomic mass is 31.2. The molecule has 0 spiro atoms. The minimum Gasteiger partial charge on any atom is -0.488 e. The van der Waals surface area contributed by atoms with Gasteiger partial charge in [-0.05, 0) is 53.1 Å². The van der Waals surface area contributed by atoms with Crippen LogP contribution < -0.4 is 10.0 Å². The summed E-state index contributed by atoms with van der Waals surface area (Å²) in [6.45, 7) is 0.410. The minimum absolute atomic E-state index is 0.00610. The molecule has 6 heteroatoms. The normalized spacial score (nSPS) is 11.6. The molecule has 0 aliphatic carbocycles. The summed E-state index contributed by atoms with van der Waals surface area (Å²) >= 11 is 0. The molecule has 0 aliphatic heterocycles. The number of hydrogen-bond donors (Lipinski definition) is 2. The van der Waals surface area contributed by atoms with Crippen molar-refractivity contribution in [3.05, 3.63) is 114 Å². The zero-order valence-electron chi connectivity index (χ0n) is 17.2. The van der Waals surface area contributed by atoms with Crippen molar-refractivity contribution in [2.75, 3.05) is 0 Å². The molecule has 5 nitrogen and oxygen atoms in total. The van der Waals surface area contributed by atoms with E-state index in [1.165, 1.54) is 12.1 Å². The quantitative estimate of drug-likeness (QED) is 0.293. The largest absolute Gasteiger partial charge is 0.488 e. The van der Waals surface area contributed by atoms with Gasteiger partial charge in [-0.15, -0.1) is 0 Å². The van der Waals surface area contributed by atoms with Crippen molar-refractivity contribution in [2.45, 2.75) is 6.61 Å². The van der Waals surface area contributed by atoms with Gasteiger partial charge >= 0.3 is 7.60 Å². The van der Waals surface area contributed by atoms with E-state index in [0.29, 0.717) is 12.4 Å². The third-order valence-electron chi connectivity index (χ3n) is 4.90. The summed E-state index contributed by atoms with van der Waals surface area (Å²) in [5.41, 5.74) is 4.44. The number of para-hydroxylation sites is 1. The summed E-state index contributed by atoms with van der Waals surface area (Å²) in [7, 11) is -4.27. The fourth-order valence-electron chi connectivity index (χ4n) is 3.19. The molecular formula is C26H22NO4P. The molecule has 2 N–H and O–H groups in total. The summed E-state index contributed by atoms with van der Waals surface area (Å²) < 4.78 is 17.6. The van der Waals surface area contributed by atoms with Gasteiger partial charge in [0.1, 0.15) is 12.4 Å². The van der Waals surface area contributed by atoms with Crippen molar-refractivity contribution >= 4 is 24.8 Å². The zero-order valence-corrected chi connectivity index (χ0v) is 18.1. The molecule has 0 atom stereocenters. The first-order valence-electron chi connectivity index (χ1n) is 10.1. The van der Waals surface area contributed by atoms with Crippen LogP contribution in [-0.2, 0) is 11.2 Å². The number of aliphatic imine (C=N–C) groups is 1.